The van der Waals surface area contributed by atoms with Crippen molar-refractivity contribution in [3.63, 3.8) is 0 Å². The molecule has 0 bridgehead atoms. The van der Waals surface area contributed by atoms with Crippen molar-refractivity contribution in [1.82, 2.24) is 5.32 Å². The number of carbonyl (C=O) groups excluding carboxylic acids is 1. The highest BCUT2D eigenvalue weighted by atomic mass is 16.7. The smallest absolute Gasteiger partial charge is 0.352 e. The van der Waals surface area contributed by atoms with E-state index in [-0.39, 0.29) is 29.6 Å². The Bertz CT molecular complexity index is 957. The number of amides is 1. The number of hydrogen-bond acceptors (Lipinski definition) is 7. The number of carboxylic acid groups (broad SMARTS) is 1. The van der Waals surface area contributed by atoms with Gasteiger partial charge in [-0.1, -0.05) is 6.07 Å². The van der Waals surface area contributed by atoms with Crippen LogP contribution in [0.1, 0.15) is 15.9 Å². The monoisotopic (exact) mass is 401 g/mol. The molecule has 152 valence electrons. The molecule has 0 atom stereocenters. The summed E-state index contributed by atoms with van der Waals surface area (Å²) < 4.78 is 26.2. The summed E-state index contributed by atoms with van der Waals surface area (Å²) in [7, 11) is 4.28. The summed E-state index contributed by atoms with van der Waals surface area (Å²) in [6.45, 7) is 0.103. The topological polar surface area (TPSA) is 113 Å². The third kappa shape index (κ3) is 4.18. The number of rotatable bonds is 7. The van der Waals surface area contributed by atoms with Gasteiger partial charge in [-0.05, 0) is 35.9 Å². The highest BCUT2D eigenvalue weighted by Gasteiger charge is 2.20. The highest BCUT2D eigenvalue weighted by molar-refractivity contribution is 6.03. The van der Waals surface area contributed by atoms with Gasteiger partial charge in [0.25, 0.3) is 5.91 Å². The van der Waals surface area contributed by atoms with Crippen LogP contribution in [0.3, 0.4) is 0 Å². The van der Waals surface area contributed by atoms with Gasteiger partial charge in [0.05, 0.1) is 21.3 Å². The van der Waals surface area contributed by atoms with Crippen molar-refractivity contribution < 1.29 is 38.4 Å². The fraction of sp³-hybridized carbons (Fsp3) is 0.200. The van der Waals surface area contributed by atoms with E-state index in [9.17, 15) is 14.7 Å². The van der Waals surface area contributed by atoms with Gasteiger partial charge >= 0.3 is 5.97 Å². The molecule has 0 unspecified atom stereocenters. The van der Waals surface area contributed by atoms with E-state index < -0.39 is 11.9 Å². The summed E-state index contributed by atoms with van der Waals surface area (Å²) in [6, 6.07) is 7.79. The molecule has 1 amide bonds. The van der Waals surface area contributed by atoms with E-state index in [1.807, 2.05) is 0 Å². The van der Waals surface area contributed by atoms with Gasteiger partial charge in [0.2, 0.25) is 12.5 Å². The first-order chi connectivity index (χ1) is 14.0. The normalized spacial score (nSPS) is 12.3. The van der Waals surface area contributed by atoms with Gasteiger partial charge < -0.3 is 34.1 Å². The summed E-state index contributed by atoms with van der Waals surface area (Å²) in [4.78, 5) is 24.3. The minimum absolute atomic E-state index is 0.103. The largest absolute Gasteiger partial charge is 0.493 e. The van der Waals surface area contributed by atoms with Gasteiger partial charge in [-0.3, -0.25) is 4.79 Å². The molecule has 0 aliphatic carbocycles. The molecule has 0 fully saturated rings. The Morgan fingerprint density at radius 2 is 1.66 bits per heavy atom. The predicted molar refractivity (Wildman–Crippen MR) is 102 cm³/mol. The maximum atomic E-state index is 12.7. The Labute approximate surface area is 166 Å². The molecule has 1 aliphatic rings. The first-order valence-corrected chi connectivity index (χ1v) is 8.42. The fourth-order valence-electron chi connectivity index (χ4n) is 2.73. The third-order valence-corrected chi connectivity index (χ3v) is 4.11. The van der Waals surface area contributed by atoms with Crippen molar-refractivity contribution in [2.24, 2.45) is 0 Å². The molecule has 3 rings (SSSR count). The standard InChI is InChI=1S/C20H19NO8/c1-25-16-8-12(9-17(26-2)18(16)27-3)19(22)21-13(20(23)24)6-11-4-5-14-15(7-11)29-10-28-14/h4-9H,10H2,1-3H3,(H,21,22)(H,23,24). The molecular formula is C20H19NO8. The van der Waals surface area contributed by atoms with Crippen LogP contribution in [0, 0.1) is 0 Å². The third-order valence-electron chi connectivity index (χ3n) is 4.11. The van der Waals surface area contributed by atoms with E-state index >= 15 is 0 Å². The van der Waals surface area contributed by atoms with Crippen LogP contribution in [0.2, 0.25) is 0 Å². The molecule has 9 nitrogen and oxygen atoms in total. The number of carbonyl (C=O) groups is 2. The van der Waals surface area contributed by atoms with Crippen molar-refractivity contribution in [3.05, 3.63) is 47.2 Å². The molecule has 0 radical (unpaired) electrons. The summed E-state index contributed by atoms with van der Waals surface area (Å²) in [5, 5.41) is 11.9. The van der Waals surface area contributed by atoms with Crippen LogP contribution in [-0.2, 0) is 4.79 Å². The van der Waals surface area contributed by atoms with Crippen LogP contribution in [0.5, 0.6) is 28.7 Å². The minimum atomic E-state index is -1.30. The summed E-state index contributed by atoms with van der Waals surface area (Å²) in [5.41, 5.74) is 0.344. The number of benzene rings is 2. The first-order valence-electron chi connectivity index (χ1n) is 8.42. The molecule has 1 aliphatic heterocycles. The van der Waals surface area contributed by atoms with Crippen molar-refractivity contribution in [1.29, 1.82) is 0 Å². The van der Waals surface area contributed by atoms with Gasteiger partial charge in [-0.15, -0.1) is 0 Å². The van der Waals surface area contributed by atoms with Gasteiger partial charge in [0.1, 0.15) is 5.70 Å². The maximum absolute atomic E-state index is 12.7. The van der Waals surface area contributed by atoms with Crippen LogP contribution in [-0.4, -0.2) is 45.1 Å². The number of fused-ring (bicyclic) bond motifs is 1. The Morgan fingerprint density at radius 1 is 1.00 bits per heavy atom. The van der Waals surface area contributed by atoms with Gasteiger partial charge in [0, 0.05) is 5.56 Å². The van der Waals surface area contributed by atoms with E-state index in [4.69, 9.17) is 23.7 Å². The van der Waals surface area contributed by atoms with Crippen molar-refractivity contribution in [2.75, 3.05) is 28.1 Å². The zero-order valence-electron chi connectivity index (χ0n) is 16.0. The van der Waals surface area contributed by atoms with E-state index in [0.29, 0.717) is 22.8 Å². The van der Waals surface area contributed by atoms with Crippen molar-refractivity contribution in [2.45, 2.75) is 0 Å². The highest BCUT2D eigenvalue weighted by Crippen LogP contribution is 2.38. The fourth-order valence-corrected chi connectivity index (χ4v) is 2.73. The van der Waals surface area contributed by atoms with E-state index in [0.717, 1.165) is 0 Å². The Kier molecular flexibility index (Phi) is 5.77. The van der Waals surface area contributed by atoms with Crippen LogP contribution in [0.25, 0.3) is 6.08 Å². The lowest BCUT2D eigenvalue weighted by molar-refractivity contribution is -0.132. The number of carboxylic acids is 1. The summed E-state index contributed by atoms with van der Waals surface area (Å²) in [6.07, 6.45) is 1.32. The summed E-state index contributed by atoms with van der Waals surface area (Å²) in [5.74, 6) is -0.0230. The Hall–Kier alpha value is -3.88. The number of aliphatic carboxylic acids is 1. The maximum Gasteiger partial charge on any atom is 0.352 e. The number of methoxy groups -OCH3 is 3. The van der Waals surface area contributed by atoms with E-state index in [1.54, 1.807) is 18.2 Å². The van der Waals surface area contributed by atoms with Crippen molar-refractivity contribution in [3.8, 4) is 28.7 Å². The molecule has 9 heteroatoms. The van der Waals surface area contributed by atoms with E-state index in [2.05, 4.69) is 5.32 Å². The van der Waals surface area contributed by atoms with Gasteiger partial charge in [-0.25, -0.2) is 4.79 Å². The molecule has 2 N–H and O–H groups in total. The lowest BCUT2D eigenvalue weighted by Gasteiger charge is -2.14. The molecule has 0 saturated heterocycles. The zero-order valence-corrected chi connectivity index (χ0v) is 16.0. The second-order valence-corrected chi connectivity index (χ2v) is 5.84. The molecule has 0 spiro atoms. The van der Waals surface area contributed by atoms with Crippen LogP contribution < -0.4 is 29.0 Å². The minimum Gasteiger partial charge on any atom is -0.493 e. The Balaban J connectivity index is 1.89. The predicted octanol–water partition coefficient (Wildman–Crippen LogP) is 2.30. The lowest BCUT2D eigenvalue weighted by atomic mass is 10.1. The second-order valence-electron chi connectivity index (χ2n) is 5.84. The molecular weight excluding hydrogens is 382 g/mol. The van der Waals surface area contributed by atoms with Crippen LogP contribution in [0.4, 0.5) is 0 Å². The number of hydrogen-bond donors (Lipinski definition) is 2. The van der Waals surface area contributed by atoms with E-state index in [1.165, 1.54) is 39.5 Å². The van der Waals surface area contributed by atoms with Gasteiger partial charge in [0.15, 0.2) is 23.0 Å². The lowest BCUT2D eigenvalue weighted by Crippen LogP contribution is -2.27. The second kappa shape index (κ2) is 8.42. The molecule has 1 heterocycles. The number of ether oxygens (including phenoxy) is 5. The summed E-state index contributed by atoms with van der Waals surface area (Å²) >= 11 is 0. The van der Waals surface area contributed by atoms with Crippen molar-refractivity contribution >= 4 is 18.0 Å². The molecule has 2 aromatic carbocycles. The first kappa shape index (κ1) is 19.9. The van der Waals surface area contributed by atoms with Gasteiger partial charge in [-0.2, -0.15) is 0 Å². The average Bonchev–Trinajstić information content (AvgIpc) is 3.19. The zero-order chi connectivity index (χ0) is 21.0. The Morgan fingerprint density at radius 3 is 2.24 bits per heavy atom. The molecule has 0 aromatic heterocycles. The SMILES string of the molecule is COc1cc(C(=O)NC(=Cc2ccc3c(c2)OCO3)C(=O)O)cc(OC)c1OC. The molecule has 29 heavy (non-hydrogen) atoms. The number of nitrogens with one attached hydrogen (secondary N) is 1. The molecule has 2 aromatic rings. The quantitative estimate of drug-likeness (QED) is 0.680. The van der Waals surface area contributed by atoms with Crippen LogP contribution >= 0.6 is 0 Å². The van der Waals surface area contributed by atoms with Crippen LogP contribution in [0.15, 0.2) is 36.0 Å². The average molecular weight is 401 g/mol. The molecule has 0 saturated carbocycles.